The van der Waals surface area contributed by atoms with E-state index in [-0.39, 0.29) is 24.9 Å². The first-order valence-electron chi connectivity index (χ1n) is 8.23. The third-order valence-electron chi connectivity index (χ3n) is 4.36. The molecule has 0 unspecified atom stereocenters. The molecule has 0 amide bonds. The van der Waals surface area contributed by atoms with Crippen molar-refractivity contribution in [3.8, 4) is 0 Å². The highest BCUT2D eigenvalue weighted by molar-refractivity contribution is 7.89. The Morgan fingerprint density at radius 2 is 2.08 bits per heavy atom. The monoisotopic (exact) mass is 351 g/mol. The number of ether oxygens (including phenoxy) is 1. The van der Waals surface area contributed by atoms with Crippen LogP contribution in [0.5, 0.6) is 0 Å². The van der Waals surface area contributed by atoms with Crippen LogP contribution in [-0.4, -0.2) is 44.1 Å². The van der Waals surface area contributed by atoms with Crippen LogP contribution >= 0.6 is 0 Å². The molecule has 24 heavy (non-hydrogen) atoms. The van der Waals surface area contributed by atoms with Crippen molar-refractivity contribution < 1.29 is 17.9 Å². The Bertz CT molecular complexity index is 672. The summed E-state index contributed by atoms with van der Waals surface area (Å²) in [7, 11) is -3.44. The summed E-state index contributed by atoms with van der Waals surface area (Å²) in [4.78, 5) is 12.7. The second kappa shape index (κ2) is 7.94. The molecule has 5 nitrogen and oxygen atoms in total. The fourth-order valence-corrected chi connectivity index (χ4v) is 4.59. The summed E-state index contributed by atoms with van der Waals surface area (Å²) in [6.07, 6.45) is 3.13. The Balaban J connectivity index is 2.31. The number of carbonyl (C=O) groups is 1. The van der Waals surface area contributed by atoms with E-state index in [1.807, 2.05) is 30.3 Å². The normalized spacial score (nSPS) is 22.0. The lowest BCUT2D eigenvalue weighted by Crippen LogP contribution is -2.52. The van der Waals surface area contributed by atoms with Crippen molar-refractivity contribution in [2.45, 2.75) is 26.2 Å². The van der Waals surface area contributed by atoms with Crippen LogP contribution in [0.2, 0.25) is 0 Å². The van der Waals surface area contributed by atoms with Gasteiger partial charge in [-0.1, -0.05) is 36.4 Å². The minimum absolute atomic E-state index is 0.114. The van der Waals surface area contributed by atoms with Crippen LogP contribution in [0.15, 0.2) is 43.0 Å². The maximum absolute atomic E-state index is 12.7. The summed E-state index contributed by atoms with van der Waals surface area (Å²) >= 11 is 0. The van der Waals surface area contributed by atoms with Crippen LogP contribution in [0.4, 0.5) is 0 Å². The van der Waals surface area contributed by atoms with Gasteiger partial charge in [-0.05, 0) is 31.7 Å². The van der Waals surface area contributed by atoms with Crippen LogP contribution in [-0.2, 0) is 26.0 Å². The number of carbonyl (C=O) groups excluding carboxylic acids is 1. The quantitative estimate of drug-likeness (QED) is 0.559. The van der Waals surface area contributed by atoms with E-state index < -0.39 is 15.4 Å². The number of sulfonamides is 1. The molecule has 0 N–H and O–H groups in total. The molecule has 1 saturated heterocycles. The van der Waals surface area contributed by atoms with Crippen molar-refractivity contribution in [1.29, 1.82) is 0 Å². The summed E-state index contributed by atoms with van der Waals surface area (Å²) in [6, 6.07) is 9.67. The second-order valence-electron chi connectivity index (χ2n) is 6.17. The Labute approximate surface area is 144 Å². The summed E-state index contributed by atoms with van der Waals surface area (Å²) in [5.41, 5.74) is 0.178. The van der Waals surface area contributed by atoms with Gasteiger partial charge in [0.2, 0.25) is 10.0 Å². The number of hydrogen-bond acceptors (Lipinski definition) is 4. The number of hydrogen-bond donors (Lipinski definition) is 0. The molecular formula is C18H25NO4S. The van der Waals surface area contributed by atoms with Crippen molar-refractivity contribution in [1.82, 2.24) is 4.31 Å². The van der Waals surface area contributed by atoms with Gasteiger partial charge >= 0.3 is 5.97 Å². The third kappa shape index (κ3) is 4.24. The molecule has 0 saturated carbocycles. The Morgan fingerprint density at radius 1 is 1.38 bits per heavy atom. The van der Waals surface area contributed by atoms with Gasteiger partial charge in [0.05, 0.1) is 17.8 Å². The Kier molecular flexibility index (Phi) is 6.18. The molecule has 1 aromatic carbocycles. The molecule has 0 spiro atoms. The van der Waals surface area contributed by atoms with Gasteiger partial charge < -0.3 is 4.74 Å². The first-order valence-corrected chi connectivity index (χ1v) is 9.84. The molecule has 0 aromatic heterocycles. The molecule has 1 aliphatic rings. The lowest BCUT2D eigenvalue weighted by Gasteiger charge is -2.40. The minimum atomic E-state index is -3.44. The summed E-state index contributed by atoms with van der Waals surface area (Å²) in [6.45, 7) is 6.17. The second-order valence-corrected chi connectivity index (χ2v) is 8.18. The van der Waals surface area contributed by atoms with E-state index in [9.17, 15) is 13.2 Å². The van der Waals surface area contributed by atoms with E-state index in [0.29, 0.717) is 25.8 Å². The van der Waals surface area contributed by atoms with E-state index in [4.69, 9.17) is 4.74 Å². The smallest absolute Gasteiger partial charge is 0.313 e. The molecule has 1 heterocycles. The van der Waals surface area contributed by atoms with E-state index in [1.54, 1.807) is 6.92 Å². The molecule has 1 atom stereocenters. The topological polar surface area (TPSA) is 63.7 Å². The van der Waals surface area contributed by atoms with Crippen molar-refractivity contribution >= 4 is 16.0 Å². The number of esters is 1. The zero-order chi connectivity index (χ0) is 17.6. The van der Waals surface area contributed by atoms with Gasteiger partial charge in [-0.2, -0.15) is 0 Å². The van der Waals surface area contributed by atoms with Crippen molar-refractivity contribution in [2.24, 2.45) is 5.41 Å². The molecule has 1 aliphatic heterocycles. The average Bonchev–Trinajstić information content (AvgIpc) is 2.56. The SMILES string of the molecule is C=CCS(=O)(=O)N1CCC[C@@](Cc2ccccc2)(C(=O)OCC)C1. The summed E-state index contributed by atoms with van der Waals surface area (Å²) in [5.74, 6) is -0.426. The first-order chi connectivity index (χ1) is 11.4. The highest BCUT2D eigenvalue weighted by Crippen LogP contribution is 2.36. The lowest BCUT2D eigenvalue weighted by molar-refractivity contribution is -0.157. The van der Waals surface area contributed by atoms with Crippen LogP contribution in [0.1, 0.15) is 25.3 Å². The zero-order valence-electron chi connectivity index (χ0n) is 14.1. The van der Waals surface area contributed by atoms with Crippen molar-refractivity contribution in [3.63, 3.8) is 0 Å². The predicted octanol–water partition coefficient (Wildman–Crippen LogP) is 2.39. The first kappa shape index (κ1) is 18.7. The highest BCUT2D eigenvalue weighted by atomic mass is 32.2. The number of benzene rings is 1. The van der Waals surface area contributed by atoms with E-state index in [2.05, 4.69) is 6.58 Å². The summed E-state index contributed by atoms with van der Waals surface area (Å²) < 4.78 is 31.5. The van der Waals surface area contributed by atoms with Gasteiger partial charge in [-0.15, -0.1) is 6.58 Å². The Morgan fingerprint density at radius 3 is 2.71 bits per heavy atom. The van der Waals surface area contributed by atoms with Gasteiger partial charge in [0.15, 0.2) is 0 Å². The molecule has 0 radical (unpaired) electrons. The predicted molar refractivity (Wildman–Crippen MR) is 94.0 cm³/mol. The largest absolute Gasteiger partial charge is 0.466 e. The number of nitrogens with zero attached hydrogens (tertiary/aromatic N) is 1. The van der Waals surface area contributed by atoms with Crippen molar-refractivity contribution in [3.05, 3.63) is 48.6 Å². The third-order valence-corrected chi connectivity index (χ3v) is 6.11. The number of rotatable bonds is 7. The van der Waals surface area contributed by atoms with E-state index in [1.165, 1.54) is 10.4 Å². The maximum Gasteiger partial charge on any atom is 0.313 e. The van der Waals surface area contributed by atoms with Gasteiger partial charge in [0.25, 0.3) is 0 Å². The van der Waals surface area contributed by atoms with Gasteiger partial charge in [0.1, 0.15) is 0 Å². The van der Waals surface area contributed by atoms with E-state index >= 15 is 0 Å². The molecule has 2 rings (SSSR count). The Hall–Kier alpha value is -1.66. The maximum atomic E-state index is 12.7. The summed E-state index contributed by atoms with van der Waals surface area (Å²) in [5, 5.41) is 0. The molecule has 132 valence electrons. The van der Waals surface area contributed by atoms with Crippen LogP contribution in [0, 0.1) is 5.41 Å². The fourth-order valence-electron chi connectivity index (χ4n) is 3.24. The number of piperidine rings is 1. The van der Waals surface area contributed by atoms with Crippen molar-refractivity contribution in [2.75, 3.05) is 25.4 Å². The molecule has 0 bridgehead atoms. The highest BCUT2D eigenvalue weighted by Gasteiger charge is 2.46. The molecule has 6 heteroatoms. The van der Waals surface area contributed by atoms with Crippen LogP contribution < -0.4 is 0 Å². The minimum Gasteiger partial charge on any atom is -0.466 e. The van der Waals surface area contributed by atoms with Gasteiger partial charge in [-0.25, -0.2) is 12.7 Å². The molecule has 0 aliphatic carbocycles. The molecule has 1 fully saturated rings. The van der Waals surface area contributed by atoms with Crippen LogP contribution in [0.25, 0.3) is 0 Å². The molecule has 1 aromatic rings. The van der Waals surface area contributed by atoms with E-state index in [0.717, 1.165) is 5.56 Å². The zero-order valence-corrected chi connectivity index (χ0v) is 14.9. The van der Waals surface area contributed by atoms with Gasteiger partial charge in [-0.3, -0.25) is 4.79 Å². The lowest BCUT2D eigenvalue weighted by atomic mass is 9.75. The standard InChI is InChI=1S/C18H25NO4S/c1-3-13-24(21,22)19-12-8-11-18(15-19,17(20)23-4-2)14-16-9-6-5-7-10-16/h3,5-7,9-10H,1,4,8,11-15H2,2H3/t18-/m0/s1. The average molecular weight is 351 g/mol. The molecular weight excluding hydrogens is 326 g/mol. The fraction of sp³-hybridized carbons (Fsp3) is 0.500. The van der Waals surface area contributed by atoms with Crippen LogP contribution in [0.3, 0.4) is 0 Å². The van der Waals surface area contributed by atoms with Gasteiger partial charge in [0, 0.05) is 13.1 Å².